The van der Waals surface area contributed by atoms with Gasteiger partial charge in [-0.15, -0.1) is 0 Å². The second kappa shape index (κ2) is 6.37. The average Bonchev–Trinajstić information content (AvgIpc) is 2.54. The minimum atomic E-state index is 0.277. The lowest BCUT2D eigenvalue weighted by atomic mass is 9.96. The van der Waals surface area contributed by atoms with Gasteiger partial charge in [0.2, 0.25) is 0 Å². The van der Waals surface area contributed by atoms with E-state index in [1.54, 1.807) is 0 Å². The minimum Gasteiger partial charge on any atom is -0.313 e. The first-order valence-corrected chi connectivity index (χ1v) is 7.82. The zero-order valence-corrected chi connectivity index (χ0v) is 13.5. The molecule has 1 heterocycles. The van der Waals surface area contributed by atoms with E-state index in [0.717, 1.165) is 16.4 Å². The van der Waals surface area contributed by atoms with Crippen molar-refractivity contribution in [2.45, 2.75) is 12.5 Å². The first kappa shape index (κ1) is 14.2. The maximum atomic E-state index is 4.44. The van der Waals surface area contributed by atoms with Crippen LogP contribution in [0.2, 0.25) is 0 Å². The van der Waals surface area contributed by atoms with Crippen LogP contribution < -0.4 is 5.32 Å². The van der Waals surface area contributed by atoms with Gasteiger partial charge in [0.1, 0.15) is 0 Å². The molecule has 106 valence electrons. The van der Waals surface area contributed by atoms with E-state index in [9.17, 15) is 0 Å². The minimum absolute atomic E-state index is 0.277. The van der Waals surface area contributed by atoms with E-state index in [4.69, 9.17) is 0 Å². The molecule has 1 unspecified atom stereocenters. The van der Waals surface area contributed by atoms with Crippen LogP contribution in [0.25, 0.3) is 10.9 Å². The third kappa shape index (κ3) is 3.14. The normalized spacial score (nSPS) is 12.5. The zero-order valence-electron chi connectivity index (χ0n) is 11.9. The van der Waals surface area contributed by atoms with Crippen LogP contribution in [-0.4, -0.2) is 12.0 Å². The molecule has 0 fully saturated rings. The number of aromatic nitrogens is 1. The van der Waals surface area contributed by atoms with E-state index in [-0.39, 0.29) is 6.04 Å². The molecular weight excluding hydrogens is 324 g/mol. The predicted molar refractivity (Wildman–Crippen MR) is 91.4 cm³/mol. The van der Waals surface area contributed by atoms with Crippen molar-refractivity contribution in [2.75, 3.05) is 7.05 Å². The first-order chi connectivity index (χ1) is 10.3. The highest BCUT2D eigenvalue weighted by molar-refractivity contribution is 9.10. The number of likely N-dealkylation sites (N-methyl/N-ethyl adjacent to an activating group) is 1. The maximum Gasteiger partial charge on any atom is 0.0705 e. The molecule has 1 aromatic heterocycles. The number of fused-ring (bicyclic) bond motifs is 1. The average molecular weight is 341 g/mol. The van der Waals surface area contributed by atoms with E-state index in [0.29, 0.717) is 0 Å². The van der Waals surface area contributed by atoms with Gasteiger partial charge in [-0.25, -0.2) is 0 Å². The molecule has 0 radical (unpaired) electrons. The van der Waals surface area contributed by atoms with Gasteiger partial charge in [-0.2, -0.15) is 0 Å². The summed E-state index contributed by atoms with van der Waals surface area (Å²) >= 11 is 3.48. The van der Waals surface area contributed by atoms with Crippen LogP contribution in [0, 0.1) is 0 Å². The molecule has 0 spiro atoms. The van der Waals surface area contributed by atoms with Crippen molar-refractivity contribution in [3.8, 4) is 0 Å². The van der Waals surface area contributed by atoms with Gasteiger partial charge in [-0.05, 0) is 48.9 Å². The van der Waals surface area contributed by atoms with E-state index in [1.165, 1.54) is 16.5 Å². The summed E-state index contributed by atoms with van der Waals surface area (Å²) in [6.45, 7) is 0. The van der Waals surface area contributed by atoms with E-state index in [1.807, 2.05) is 19.3 Å². The Morgan fingerprint density at radius 3 is 2.57 bits per heavy atom. The fraction of sp³-hybridized carbons (Fsp3) is 0.167. The number of pyridine rings is 1. The van der Waals surface area contributed by atoms with Gasteiger partial charge in [-0.1, -0.05) is 46.3 Å². The molecule has 1 atom stereocenters. The number of para-hydroxylation sites is 1. The summed E-state index contributed by atoms with van der Waals surface area (Å²) in [6.07, 6.45) is 2.85. The molecule has 0 aliphatic heterocycles. The Bertz CT molecular complexity index is 732. The monoisotopic (exact) mass is 340 g/mol. The molecule has 2 nitrogen and oxygen atoms in total. The highest BCUT2D eigenvalue weighted by atomic mass is 79.9. The molecule has 0 bridgehead atoms. The van der Waals surface area contributed by atoms with Crippen molar-refractivity contribution < 1.29 is 0 Å². The summed E-state index contributed by atoms with van der Waals surface area (Å²) in [5.41, 5.74) is 3.66. The van der Waals surface area contributed by atoms with Crippen LogP contribution in [0.5, 0.6) is 0 Å². The van der Waals surface area contributed by atoms with Gasteiger partial charge in [0.25, 0.3) is 0 Å². The molecule has 0 amide bonds. The van der Waals surface area contributed by atoms with E-state index < -0.39 is 0 Å². The van der Waals surface area contributed by atoms with Gasteiger partial charge in [0, 0.05) is 22.1 Å². The summed E-state index contributed by atoms with van der Waals surface area (Å²) in [4.78, 5) is 4.44. The molecule has 3 aromatic rings. The Labute approximate surface area is 133 Å². The fourth-order valence-electron chi connectivity index (χ4n) is 2.65. The van der Waals surface area contributed by atoms with E-state index >= 15 is 0 Å². The molecule has 1 N–H and O–H groups in total. The lowest BCUT2D eigenvalue weighted by Crippen LogP contribution is -2.19. The number of benzene rings is 2. The van der Waals surface area contributed by atoms with Crippen molar-refractivity contribution in [1.29, 1.82) is 0 Å². The molecule has 0 saturated carbocycles. The molecule has 2 aromatic carbocycles. The molecule has 0 aliphatic carbocycles. The Hall–Kier alpha value is -1.71. The predicted octanol–water partition coefficient (Wildman–Crippen LogP) is 4.50. The van der Waals surface area contributed by atoms with Crippen molar-refractivity contribution in [3.05, 3.63) is 76.4 Å². The molecule has 21 heavy (non-hydrogen) atoms. The van der Waals surface area contributed by atoms with Gasteiger partial charge in [-0.3, -0.25) is 4.98 Å². The first-order valence-electron chi connectivity index (χ1n) is 7.03. The zero-order chi connectivity index (χ0) is 14.7. The van der Waals surface area contributed by atoms with Crippen LogP contribution in [0.3, 0.4) is 0 Å². The Kier molecular flexibility index (Phi) is 4.32. The van der Waals surface area contributed by atoms with Gasteiger partial charge < -0.3 is 5.32 Å². The lowest BCUT2D eigenvalue weighted by molar-refractivity contribution is 0.596. The highest BCUT2D eigenvalue weighted by Crippen LogP contribution is 2.25. The van der Waals surface area contributed by atoms with Crippen LogP contribution in [0.15, 0.2) is 65.3 Å². The summed E-state index contributed by atoms with van der Waals surface area (Å²) in [5.74, 6) is 0. The van der Waals surface area contributed by atoms with Crippen LogP contribution >= 0.6 is 15.9 Å². The van der Waals surface area contributed by atoms with E-state index in [2.05, 4.69) is 74.8 Å². The number of hydrogen-bond acceptors (Lipinski definition) is 2. The molecular formula is C18H17BrN2. The summed E-state index contributed by atoms with van der Waals surface area (Å²) in [5, 5.41) is 4.65. The van der Waals surface area contributed by atoms with Crippen molar-refractivity contribution in [1.82, 2.24) is 10.3 Å². The van der Waals surface area contributed by atoms with Crippen LogP contribution in [0.4, 0.5) is 0 Å². The quantitative estimate of drug-likeness (QED) is 0.756. The second-order valence-corrected chi connectivity index (χ2v) is 6.00. The molecule has 0 aliphatic rings. The number of nitrogens with zero attached hydrogens (tertiary/aromatic N) is 1. The SMILES string of the molecule is CNC(Cc1ccc(Br)cc1)c1ccnc2ccccc12. The third-order valence-electron chi connectivity index (χ3n) is 3.76. The number of rotatable bonds is 4. The topological polar surface area (TPSA) is 24.9 Å². The summed E-state index contributed by atoms with van der Waals surface area (Å²) in [6, 6.07) is 19.2. The van der Waals surface area contributed by atoms with Crippen molar-refractivity contribution in [2.24, 2.45) is 0 Å². The second-order valence-electron chi connectivity index (χ2n) is 5.09. The van der Waals surface area contributed by atoms with Gasteiger partial charge in [0.15, 0.2) is 0 Å². The standard InChI is InChI=1S/C18H17BrN2/c1-20-18(12-13-6-8-14(19)9-7-13)16-10-11-21-17-5-3-2-4-15(16)17/h2-11,18,20H,12H2,1H3. The molecule has 3 rings (SSSR count). The lowest BCUT2D eigenvalue weighted by Gasteiger charge is -2.18. The van der Waals surface area contributed by atoms with Gasteiger partial charge in [0.05, 0.1) is 5.52 Å². The van der Waals surface area contributed by atoms with Crippen molar-refractivity contribution >= 4 is 26.8 Å². The third-order valence-corrected chi connectivity index (χ3v) is 4.29. The molecule has 3 heteroatoms. The summed E-state index contributed by atoms with van der Waals surface area (Å²) < 4.78 is 1.11. The Morgan fingerprint density at radius 2 is 1.81 bits per heavy atom. The van der Waals surface area contributed by atoms with Crippen LogP contribution in [0.1, 0.15) is 17.2 Å². The Morgan fingerprint density at radius 1 is 1.05 bits per heavy atom. The smallest absolute Gasteiger partial charge is 0.0705 e. The highest BCUT2D eigenvalue weighted by Gasteiger charge is 2.13. The van der Waals surface area contributed by atoms with Crippen LogP contribution in [-0.2, 0) is 6.42 Å². The summed E-state index contributed by atoms with van der Waals surface area (Å²) in [7, 11) is 2.01. The number of hydrogen-bond donors (Lipinski definition) is 1. The number of halogens is 1. The Balaban J connectivity index is 1.96. The maximum absolute atomic E-state index is 4.44. The fourth-order valence-corrected chi connectivity index (χ4v) is 2.91. The van der Waals surface area contributed by atoms with Gasteiger partial charge >= 0.3 is 0 Å². The molecule has 0 saturated heterocycles. The van der Waals surface area contributed by atoms with Crippen molar-refractivity contribution in [3.63, 3.8) is 0 Å². The largest absolute Gasteiger partial charge is 0.313 e. The number of nitrogens with one attached hydrogen (secondary N) is 1.